The molecule has 0 radical (unpaired) electrons. The van der Waals surface area contributed by atoms with Gasteiger partial charge in [-0.1, -0.05) is 17.3 Å². The predicted molar refractivity (Wildman–Crippen MR) is 130 cm³/mol. The minimum absolute atomic E-state index is 0.00558. The maximum Gasteiger partial charge on any atom is 0.264 e. The molecular weight excluding hydrogens is 473 g/mol. The van der Waals surface area contributed by atoms with E-state index in [4.69, 9.17) is 14.8 Å². The van der Waals surface area contributed by atoms with Crippen molar-refractivity contribution in [3.8, 4) is 11.1 Å². The number of benzene rings is 1. The van der Waals surface area contributed by atoms with E-state index < -0.39 is 10.1 Å². The van der Waals surface area contributed by atoms with Gasteiger partial charge in [0.2, 0.25) is 5.95 Å². The van der Waals surface area contributed by atoms with E-state index in [2.05, 4.69) is 20.1 Å². The smallest absolute Gasteiger partial charge is 0.264 e. The minimum Gasteiger partial charge on any atom is -0.395 e. The van der Waals surface area contributed by atoms with E-state index in [-0.39, 0.29) is 30.9 Å². The number of nitrogens with zero attached hydrogens (tertiary/aromatic N) is 4. The standard InChI is InChI=1S/C24H26FN5O4S/c1-15-23-21(29-24(26)28-15)11-17(12-22(23)30-33-9-4-10-34-35(2,31)32)19-7-6-18(25)13-20(19)16-5-3-8-27-14-16/h3,5-8,13-14,17H,4,9-12H2,1-2H3,(H2,26,28,29)/b30-22+. The normalized spacial score (nSPS) is 16.8. The summed E-state index contributed by atoms with van der Waals surface area (Å²) in [6.45, 7) is 2.02. The second kappa shape index (κ2) is 10.4. The molecule has 0 fully saturated rings. The lowest BCUT2D eigenvalue weighted by molar-refractivity contribution is 0.128. The van der Waals surface area contributed by atoms with Gasteiger partial charge in [0.05, 0.1) is 30.0 Å². The second-order valence-electron chi connectivity index (χ2n) is 8.32. The number of fused-ring (bicyclic) bond motifs is 1. The summed E-state index contributed by atoms with van der Waals surface area (Å²) in [5, 5.41) is 4.35. The third-order valence-corrected chi connectivity index (χ3v) is 6.22. The highest BCUT2D eigenvalue weighted by molar-refractivity contribution is 7.85. The van der Waals surface area contributed by atoms with Crippen molar-refractivity contribution in [3.63, 3.8) is 0 Å². The van der Waals surface area contributed by atoms with Gasteiger partial charge in [-0.05, 0) is 48.6 Å². The third-order valence-electron chi connectivity index (χ3n) is 5.63. The van der Waals surface area contributed by atoms with Crippen molar-refractivity contribution in [3.05, 3.63) is 71.1 Å². The Labute approximate surface area is 203 Å². The van der Waals surface area contributed by atoms with Crippen LogP contribution < -0.4 is 5.73 Å². The maximum atomic E-state index is 14.2. The molecule has 2 N–H and O–H groups in total. The molecule has 4 rings (SSSR count). The van der Waals surface area contributed by atoms with Gasteiger partial charge in [-0.2, -0.15) is 8.42 Å². The Hall–Kier alpha value is -3.44. The summed E-state index contributed by atoms with van der Waals surface area (Å²) in [6.07, 6.45) is 5.81. The Morgan fingerprint density at radius 3 is 2.77 bits per heavy atom. The molecule has 9 nitrogen and oxygen atoms in total. The summed E-state index contributed by atoms with van der Waals surface area (Å²) in [7, 11) is -3.50. The number of hydrogen-bond donors (Lipinski definition) is 1. The van der Waals surface area contributed by atoms with Crippen LogP contribution in [-0.4, -0.2) is 48.6 Å². The number of hydrogen-bond acceptors (Lipinski definition) is 9. The Morgan fingerprint density at radius 2 is 2.03 bits per heavy atom. The molecule has 3 aromatic rings. The number of anilines is 1. The van der Waals surface area contributed by atoms with E-state index >= 15 is 0 Å². The molecule has 0 amide bonds. The average Bonchev–Trinajstić information content (AvgIpc) is 2.80. The zero-order valence-corrected chi connectivity index (χ0v) is 20.3. The fourth-order valence-electron chi connectivity index (χ4n) is 4.24. The molecule has 2 aromatic heterocycles. The molecule has 1 atom stereocenters. The number of oxime groups is 1. The van der Waals surface area contributed by atoms with E-state index in [1.54, 1.807) is 18.5 Å². The maximum absolute atomic E-state index is 14.2. The van der Waals surface area contributed by atoms with Gasteiger partial charge in [0, 0.05) is 36.4 Å². The third kappa shape index (κ3) is 6.17. The fourth-order valence-corrected chi connectivity index (χ4v) is 4.66. The van der Waals surface area contributed by atoms with E-state index in [0.717, 1.165) is 34.2 Å². The van der Waals surface area contributed by atoms with Crippen LogP contribution in [-0.2, 0) is 25.6 Å². The molecule has 0 saturated heterocycles. The molecule has 1 aliphatic rings. The van der Waals surface area contributed by atoms with Gasteiger partial charge < -0.3 is 10.6 Å². The summed E-state index contributed by atoms with van der Waals surface area (Å²) < 4.78 is 41.1. The van der Waals surface area contributed by atoms with Gasteiger partial charge in [0.1, 0.15) is 12.4 Å². The van der Waals surface area contributed by atoms with E-state index in [1.165, 1.54) is 12.1 Å². The van der Waals surface area contributed by atoms with Crippen LogP contribution in [0.3, 0.4) is 0 Å². The number of rotatable bonds is 8. The first kappa shape index (κ1) is 24.7. The summed E-state index contributed by atoms with van der Waals surface area (Å²) >= 11 is 0. The van der Waals surface area contributed by atoms with Crippen molar-refractivity contribution < 1.29 is 21.8 Å². The number of halogens is 1. The van der Waals surface area contributed by atoms with Crippen molar-refractivity contribution in [2.75, 3.05) is 25.2 Å². The summed E-state index contributed by atoms with van der Waals surface area (Å²) in [4.78, 5) is 18.4. The molecule has 0 aliphatic heterocycles. The van der Waals surface area contributed by atoms with Gasteiger partial charge in [-0.25, -0.2) is 14.4 Å². The molecule has 0 bridgehead atoms. The van der Waals surface area contributed by atoms with Gasteiger partial charge in [-0.15, -0.1) is 0 Å². The van der Waals surface area contributed by atoms with Crippen LogP contribution in [0.1, 0.15) is 41.3 Å². The highest BCUT2D eigenvalue weighted by atomic mass is 32.2. The van der Waals surface area contributed by atoms with Crippen molar-refractivity contribution in [2.24, 2.45) is 5.16 Å². The second-order valence-corrected chi connectivity index (χ2v) is 9.96. The van der Waals surface area contributed by atoms with Crippen LogP contribution in [0.25, 0.3) is 11.1 Å². The number of nitrogens with two attached hydrogens (primary N) is 1. The Morgan fingerprint density at radius 1 is 1.20 bits per heavy atom. The van der Waals surface area contributed by atoms with Gasteiger partial charge in [-0.3, -0.25) is 9.17 Å². The lowest BCUT2D eigenvalue weighted by Crippen LogP contribution is -2.24. The average molecular weight is 500 g/mol. The van der Waals surface area contributed by atoms with Crippen molar-refractivity contribution in [1.82, 2.24) is 15.0 Å². The van der Waals surface area contributed by atoms with E-state index in [0.29, 0.717) is 30.7 Å². The minimum atomic E-state index is -3.50. The van der Waals surface area contributed by atoms with E-state index in [9.17, 15) is 12.8 Å². The van der Waals surface area contributed by atoms with Gasteiger partial charge in [0.15, 0.2) is 0 Å². The summed E-state index contributed by atoms with van der Waals surface area (Å²) in [5.74, 6) is -0.227. The summed E-state index contributed by atoms with van der Waals surface area (Å²) in [5.41, 5.74) is 11.3. The Kier molecular flexibility index (Phi) is 7.37. The predicted octanol–water partition coefficient (Wildman–Crippen LogP) is 3.39. The molecule has 1 aromatic carbocycles. The lowest BCUT2D eigenvalue weighted by Gasteiger charge is -2.28. The lowest BCUT2D eigenvalue weighted by atomic mass is 9.78. The zero-order chi connectivity index (χ0) is 25.0. The van der Waals surface area contributed by atoms with E-state index in [1.807, 2.05) is 19.1 Å². The van der Waals surface area contributed by atoms with Crippen molar-refractivity contribution in [2.45, 2.75) is 32.1 Å². The molecule has 35 heavy (non-hydrogen) atoms. The Balaban J connectivity index is 1.64. The van der Waals surface area contributed by atoms with Gasteiger partial charge in [0.25, 0.3) is 10.1 Å². The number of nitrogen functional groups attached to an aromatic ring is 1. The molecule has 1 unspecified atom stereocenters. The quantitative estimate of drug-likeness (QED) is 0.284. The first-order chi connectivity index (χ1) is 16.7. The van der Waals surface area contributed by atoms with Crippen LogP contribution in [0, 0.1) is 12.7 Å². The monoisotopic (exact) mass is 499 g/mol. The molecule has 184 valence electrons. The highest BCUT2D eigenvalue weighted by Gasteiger charge is 2.30. The van der Waals surface area contributed by atoms with Crippen LogP contribution >= 0.6 is 0 Å². The molecule has 1 aliphatic carbocycles. The van der Waals surface area contributed by atoms with Crippen molar-refractivity contribution in [1.29, 1.82) is 0 Å². The highest BCUT2D eigenvalue weighted by Crippen LogP contribution is 2.38. The molecule has 2 heterocycles. The molecular formula is C24H26FN5O4S. The van der Waals surface area contributed by atoms with Crippen LogP contribution in [0.4, 0.5) is 10.3 Å². The largest absolute Gasteiger partial charge is 0.395 e. The first-order valence-corrected chi connectivity index (χ1v) is 12.9. The zero-order valence-electron chi connectivity index (χ0n) is 19.4. The topological polar surface area (TPSA) is 130 Å². The van der Waals surface area contributed by atoms with Crippen LogP contribution in [0.2, 0.25) is 0 Å². The number of aromatic nitrogens is 3. The molecule has 11 heteroatoms. The van der Waals surface area contributed by atoms with Crippen LogP contribution in [0.15, 0.2) is 47.9 Å². The molecule has 0 spiro atoms. The number of pyridine rings is 1. The van der Waals surface area contributed by atoms with Gasteiger partial charge >= 0.3 is 0 Å². The Bertz CT molecular complexity index is 1350. The SMILES string of the molecule is Cc1nc(N)nc2c1/C(=N/OCCCOS(C)(=O)=O)CC(c1ccc(F)cc1-c1cccnc1)C2. The van der Waals surface area contributed by atoms with Crippen LogP contribution in [0.5, 0.6) is 0 Å². The summed E-state index contributed by atoms with van der Waals surface area (Å²) in [6, 6.07) is 8.44. The number of aryl methyl sites for hydroxylation is 1. The first-order valence-electron chi connectivity index (χ1n) is 11.1. The fraction of sp³-hybridized carbons (Fsp3) is 0.333. The van der Waals surface area contributed by atoms with Crippen molar-refractivity contribution >= 4 is 21.8 Å². The molecule has 0 saturated carbocycles.